The highest BCUT2D eigenvalue weighted by molar-refractivity contribution is 7.10. The number of carbonyl (C=O) groups is 2. The van der Waals surface area contributed by atoms with Gasteiger partial charge in [0.2, 0.25) is 0 Å². The molecule has 1 fully saturated rings. The summed E-state index contributed by atoms with van der Waals surface area (Å²) in [6.45, 7) is 2.26. The third-order valence-corrected chi connectivity index (χ3v) is 7.72. The predicted molar refractivity (Wildman–Crippen MR) is 140 cm³/mol. The molecule has 8 heteroatoms. The second-order valence-electron chi connectivity index (χ2n) is 8.64. The standard InChI is InChI=1S/C28H26N2O5S/c1-16-11-13-36-27(16)24-23(25(31)20-14-18(34-2)8-9-22(20)35-3)26(32)28(33)30(24)12-10-17-15-29-21-7-5-4-6-19(17)21/h4-9,11,13-15,24,29,31H,10,12H2,1-3H3/b25-23-. The molecule has 184 valence electrons. The van der Waals surface area contributed by atoms with Crippen LogP contribution >= 0.6 is 11.3 Å². The molecule has 1 amide bonds. The van der Waals surface area contributed by atoms with Gasteiger partial charge in [0.15, 0.2) is 0 Å². The van der Waals surface area contributed by atoms with Gasteiger partial charge >= 0.3 is 0 Å². The molecule has 3 heterocycles. The number of aromatic amines is 1. The molecule has 0 saturated carbocycles. The highest BCUT2D eigenvalue weighted by Gasteiger charge is 2.47. The number of Topliss-reactive ketones (excluding diaryl/α,β-unsaturated/α-hetero) is 1. The van der Waals surface area contributed by atoms with Crippen molar-refractivity contribution in [2.75, 3.05) is 20.8 Å². The summed E-state index contributed by atoms with van der Waals surface area (Å²) in [5.41, 5.74) is 3.38. The number of ether oxygens (including phenoxy) is 2. The minimum Gasteiger partial charge on any atom is -0.507 e. The van der Waals surface area contributed by atoms with Crippen LogP contribution in [0.1, 0.15) is 27.6 Å². The van der Waals surface area contributed by atoms with E-state index in [0.29, 0.717) is 30.0 Å². The summed E-state index contributed by atoms with van der Waals surface area (Å²) in [4.78, 5) is 32.4. The molecule has 36 heavy (non-hydrogen) atoms. The number of fused-ring (bicyclic) bond motifs is 1. The summed E-state index contributed by atoms with van der Waals surface area (Å²) >= 11 is 1.46. The zero-order valence-corrected chi connectivity index (χ0v) is 21.0. The number of aliphatic hydroxyl groups excluding tert-OH is 1. The number of aromatic nitrogens is 1. The summed E-state index contributed by atoms with van der Waals surface area (Å²) in [5.74, 6) is -0.753. The van der Waals surface area contributed by atoms with E-state index in [1.54, 1.807) is 23.1 Å². The van der Waals surface area contributed by atoms with Crippen molar-refractivity contribution >= 4 is 39.7 Å². The van der Waals surface area contributed by atoms with Gasteiger partial charge in [-0.25, -0.2) is 0 Å². The number of amides is 1. The Morgan fingerprint density at radius 1 is 1.11 bits per heavy atom. The van der Waals surface area contributed by atoms with Crippen LogP contribution < -0.4 is 9.47 Å². The lowest BCUT2D eigenvalue weighted by atomic mass is 9.97. The van der Waals surface area contributed by atoms with E-state index in [-0.39, 0.29) is 11.3 Å². The molecular weight excluding hydrogens is 476 g/mol. The Bertz CT molecular complexity index is 1500. The zero-order valence-electron chi connectivity index (χ0n) is 20.2. The molecule has 1 saturated heterocycles. The Morgan fingerprint density at radius 2 is 1.92 bits per heavy atom. The molecular formula is C28H26N2O5S. The van der Waals surface area contributed by atoms with Crippen LogP contribution in [0.25, 0.3) is 16.7 Å². The van der Waals surface area contributed by atoms with Crippen LogP contribution in [0.2, 0.25) is 0 Å². The fourth-order valence-electron chi connectivity index (χ4n) is 4.77. The molecule has 0 aliphatic carbocycles. The predicted octanol–water partition coefficient (Wildman–Crippen LogP) is 5.22. The van der Waals surface area contributed by atoms with Crippen molar-refractivity contribution in [1.82, 2.24) is 9.88 Å². The average molecular weight is 503 g/mol. The van der Waals surface area contributed by atoms with E-state index in [1.807, 2.05) is 48.8 Å². The number of hydrogen-bond acceptors (Lipinski definition) is 6. The van der Waals surface area contributed by atoms with Crippen LogP contribution in [0, 0.1) is 6.92 Å². The Hall–Kier alpha value is -4.04. The minimum absolute atomic E-state index is 0.0519. The molecule has 0 bridgehead atoms. The normalized spacial score (nSPS) is 17.2. The first-order valence-electron chi connectivity index (χ1n) is 11.5. The second-order valence-corrected chi connectivity index (χ2v) is 9.58. The summed E-state index contributed by atoms with van der Waals surface area (Å²) in [6.07, 6.45) is 2.49. The lowest BCUT2D eigenvalue weighted by Gasteiger charge is -2.25. The highest BCUT2D eigenvalue weighted by Crippen LogP contribution is 2.44. The van der Waals surface area contributed by atoms with E-state index in [1.165, 1.54) is 25.6 Å². The largest absolute Gasteiger partial charge is 0.507 e. The van der Waals surface area contributed by atoms with Gasteiger partial charge in [0.05, 0.1) is 31.4 Å². The van der Waals surface area contributed by atoms with Gasteiger partial charge in [-0.15, -0.1) is 11.3 Å². The summed E-state index contributed by atoms with van der Waals surface area (Å²) in [7, 11) is 3.00. The van der Waals surface area contributed by atoms with Crippen LogP contribution in [0.5, 0.6) is 11.5 Å². The number of H-pyrrole nitrogens is 1. The number of rotatable bonds is 7. The molecule has 7 nitrogen and oxygen atoms in total. The van der Waals surface area contributed by atoms with Crippen molar-refractivity contribution in [3.63, 3.8) is 0 Å². The summed E-state index contributed by atoms with van der Waals surface area (Å²) in [5, 5.41) is 14.5. The van der Waals surface area contributed by atoms with E-state index >= 15 is 0 Å². The SMILES string of the molecule is COc1ccc(OC)c(/C(O)=C2/C(=O)C(=O)N(CCc3c[nH]c4ccccc34)C2c2sccc2C)c1. The number of hydrogen-bond donors (Lipinski definition) is 2. The summed E-state index contributed by atoms with van der Waals surface area (Å²) in [6, 6.07) is 14.2. The van der Waals surface area contributed by atoms with Gasteiger partial charge in [0.25, 0.3) is 11.7 Å². The Balaban J connectivity index is 1.60. The fraction of sp³-hybridized carbons (Fsp3) is 0.214. The number of aryl methyl sites for hydroxylation is 1. The van der Waals surface area contributed by atoms with Crippen molar-refractivity contribution in [2.45, 2.75) is 19.4 Å². The van der Waals surface area contributed by atoms with Crippen LogP contribution in [0.3, 0.4) is 0 Å². The first kappa shape index (κ1) is 23.7. The number of aliphatic hydroxyl groups is 1. The third-order valence-electron chi connectivity index (χ3n) is 6.65. The Morgan fingerprint density at radius 3 is 2.64 bits per heavy atom. The monoisotopic (exact) mass is 502 g/mol. The van der Waals surface area contributed by atoms with Crippen molar-refractivity contribution in [1.29, 1.82) is 0 Å². The van der Waals surface area contributed by atoms with Gasteiger partial charge in [-0.1, -0.05) is 18.2 Å². The maximum absolute atomic E-state index is 13.4. The molecule has 1 atom stereocenters. The molecule has 1 aliphatic heterocycles. The van der Waals surface area contributed by atoms with Crippen LogP contribution in [0.15, 0.2) is 65.7 Å². The number of para-hydroxylation sites is 1. The van der Waals surface area contributed by atoms with E-state index in [9.17, 15) is 14.7 Å². The van der Waals surface area contributed by atoms with Crippen LogP contribution in [0.4, 0.5) is 0 Å². The van der Waals surface area contributed by atoms with Gasteiger partial charge in [-0.2, -0.15) is 0 Å². The van der Waals surface area contributed by atoms with Gasteiger partial charge in [0, 0.05) is 28.5 Å². The van der Waals surface area contributed by atoms with Crippen LogP contribution in [-0.2, 0) is 16.0 Å². The lowest BCUT2D eigenvalue weighted by Crippen LogP contribution is -2.31. The molecule has 1 unspecified atom stereocenters. The molecule has 5 rings (SSSR count). The molecule has 1 aliphatic rings. The second kappa shape index (κ2) is 9.54. The molecule has 0 spiro atoms. The number of benzene rings is 2. The number of methoxy groups -OCH3 is 2. The first-order chi connectivity index (χ1) is 17.4. The number of nitrogens with one attached hydrogen (secondary N) is 1. The average Bonchev–Trinajstić information content (AvgIpc) is 3.58. The van der Waals surface area contributed by atoms with Gasteiger partial charge < -0.3 is 24.5 Å². The first-order valence-corrected chi connectivity index (χ1v) is 12.4. The molecule has 4 aromatic rings. The molecule has 0 radical (unpaired) electrons. The number of carbonyl (C=O) groups excluding carboxylic acids is 2. The van der Waals surface area contributed by atoms with E-state index in [0.717, 1.165) is 26.9 Å². The van der Waals surface area contributed by atoms with Gasteiger partial charge in [-0.3, -0.25) is 9.59 Å². The van der Waals surface area contributed by atoms with Crippen molar-refractivity contribution in [2.24, 2.45) is 0 Å². The van der Waals surface area contributed by atoms with E-state index < -0.39 is 17.7 Å². The topological polar surface area (TPSA) is 91.9 Å². The smallest absolute Gasteiger partial charge is 0.295 e. The Labute approximate surface area is 212 Å². The van der Waals surface area contributed by atoms with Crippen LogP contribution in [-0.4, -0.2) is 47.4 Å². The van der Waals surface area contributed by atoms with Gasteiger partial charge in [0.1, 0.15) is 17.3 Å². The highest BCUT2D eigenvalue weighted by atomic mass is 32.1. The van der Waals surface area contributed by atoms with Crippen molar-refractivity contribution in [3.8, 4) is 11.5 Å². The fourth-order valence-corrected chi connectivity index (χ4v) is 5.82. The number of likely N-dealkylation sites (tertiary alicyclic amines) is 1. The maximum atomic E-state index is 13.4. The quantitative estimate of drug-likeness (QED) is 0.205. The summed E-state index contributed by atoms with van der Waals surface area (Å²) < 4.78 is 10.8. The molecule has 2 aromatic carbocycles. The number of ketones is 1. The van der Waals surface area contributed by atoms with Crippen molar-refractivity contribution < 1.29 is 24.2 Å². The minimum atomic E-state index is -0.714. The van der Waals surface area contributed by atoms with Gasteiger partial charge in [-0.05, 0) is 60.2 Å². The zero-order chi connectivity index (χ0) is 25.4. The molecule has 2 aromatic heterocycles. The lowest BCUT2D eigenvalue weighted by molar-refractivity contribution is -0.139. The maximum Gasteiger partial charge on any atom is 0.295 e. The molecule has 2 N–H and O–H groups in total. The third kappa shape index (κ3) is 3.93. The number of thiophene rings is 1. The van der Waals surface area contributed by atoms with E-state index in [4.69, 9.17) is 9.47 Å². The number of nitrogens with zero attached hydrogens (tertiary/aromatic N) is 1. The Kier molecular flexibility index (Phi) is 6.28. The van der Waals surface area contributed by atoms with E-state index in [2.05, 4.69) is 4.98 Å². The van der Waals surface area contributed by atoms with Crippen molar-refractivity contribution in [3.05, 3.63) is 87.2 Å².